The molecule has 148 valence electrons. The van der Waals surface area contributed by atoms with E-state index in [0.717, 1.165) is 33.6 Å². The lowest BCUT2D eigenvalue weighted by Gasteiger charge is -2.12. The summed E-state index contributed by atoms with van der Waals surface area (Å²) in [5.74, 6) is 1.25. The molecule has 3 heterocycles. The number of aromatic nitrogens is 4. The van der Waals surface area contributed by atoms with Crippen molar-refractivity contribution in [3.05, 3.63) is 103 Å². The van der Waals surface area contributed by atoms with Crippen molar-refractivity contribution in [2.24, 2.45) is 0 Å². The number of hydrogen-bond donors (Lipinski definition) is 1. The number of nitriles is 1. The van der Waals surface area contributed by atoms with Gasteiger partial charge in [-0.1, -0.05) is 60.7 Å². The van der Waals surface area contributed by atoms with Gasteiger partial charge in [0.2, 0.25) is 0 Å². The molecule has 0 amide bonds. The molecule has 0 saturated heterocycles. The molecule has 0 saturated carbocycles. The minimum Gasteiger partial charge on any atom is -0.364 e. The third kappa shape index (κ3) is 3.72. The molecule has 0 radical (unpaired) electrons. The van der Waals surface area contributed by atoms with Gasteiger partial charge in [0.1, 0.15) is 17.3 Å². The van der Waals surface area contributed by atoms with Crippen LogP contribution in [-0.2, 0) is 6.54 Å². The maximum Gasteiger partial charge on any atom is 0.182 e. The van der Waals surface area contributed by atoms with E-state index >= 15 is 0 Å². The molecule has 0 unspecified atom stereocenters. The monoisotopic (exact) mass is 402 g/mol. The molecule has 5 aromatic rings. The van der Waals surface area contributed by atoms with Crippen molar-refractivity contribution >= 4 is 11.3 Å². The predicted octanol–water partition coefficient (Wildman–Crippen LogP) is 4.94. The highest BCUT2D eigenvalue weighted by atomic mass is 15.3. The summed E-state index contributed by atoms with van der Waals surface area (Å²) in [4.78, 5) is 8.89. The molecule has 0 bridgehead atoms. The summed E-state index contributed by atoms with van der Waals surface area (Å²) in [6.07, 6.45) is 3.53. The minimum atomic E-state index is 0.331. The predicted molar refractivity (Wildman–Crippen MR) is 120 cm³/mol. The zero-order valence-electron chi connectivity index (χ0n) is 16.6. The molecule has 0 aliphatic heterocycles. The molecule has 5 rings (SSSR count). The molecule has 6 heteroatoms. The SMILES string of the molecule is N#Cc1cc(-c2nc(NCc3ccccc3)c3c(-c4ccccc4)ccn3n2)ccn1. The second-order valence-corrected chi connectivity index (χ2v) is 7.05. The van der Waals surface area contributed by atoms with E-state index in [9.17, 15) is 5.26 Å². The third-order valence-electron chi connectivity index (χ3n) is 5.03. The smallest absolute Gasteiger partial charge is 0.182 e. The van der Waals surface area contributed by atoms with Crippen molar-refractivity contribution in [2.45, 2.75) is 6.54 Å². The van der Waals surface area contributed by atoms with Crippen LogP contribution < -0.4 is 5.32 Å². The first-order valence-corrected chi connectivity index (χ1v) is 9.91. The van der Waals surface area contributed by atoms with Gasteiger partial charge in [-0.05, 0) is 29.3 Å². The maximum atomic E-state index is 9.20. The van der Waals surface area contributed by atoms with Crippen LogP contribution in [0.4, 0.5) is 5.82 Å². The Bertz CT molecular complexity index is 1380. The molecule has 6 nitrogen and oxygen atoms in total. The first-order chi connectivity index (χ1) is 15.3. The largest absolute Gasteiger partial charge is 0.364 e. The van der Waals surface area contributed by atoms with Crippen LogP contribution in [0.15, 0.2) is 91.3 Å². The van der Waals surface area contributed by atoms with Crippen LogP contribution in [0.3, 0.4) is 0 Å². The van der Waals surface area contributed by atoms with Crippen LogP contribution >= 0.6 is 0 Å². The quantitative estimate of drug-likeness (QED) is 0.450. The highest BCUT2D eigenvalue weighted by Crippen LogP contribution is 2.31. The molecule has 0 spiro atoms. The van der Waals surface area contributed by atoms with Gasteiger partial charge in [0, 0.05) is 30.1 Å². The highest BCUT2D eigenvalue weighted by molar-refractivity contribution is 5.89. The van der Waals surface area contributed by atoms with E-state index < -0.39 is 0 Å². The van der Waals surface area contributed by atoms with Gasteiger partial charge >= 0.3 is 0 Å². The summed E-state index contributed by atoms with van der Waals surface area (Å²) in [5.41, 5.74) is 5.28. The highest BCUT2D eigenvalue weighted by Gasteiger charge is 2.15. The lowest BCUT2D eigenvalue weighted by molar-refractivity contribution is 0.909. The van der Waals surface area contributed by atoms with Crippen molar-refractivity contribution in [1.29, 1.82) is 5.26 Å². The second-order valence-electron chi connectivity index (χ2n) is 7.05. The van der Waals surface area contributed by atoms with Gasteiger partial charge in [-0.25, -0.2) is 14.5 Å². The van der Waals surface area contributed by atoms with Gasteiger partial charge in [-0.2, -0.15) is 5.26 Å². The lowest BCUT2D eigenvalue weighted by atomic mass is 10.1. The Labute approximate surface area is 179 Å². The van der Waals surface area contributed by atoms with Gasteiger partial charge in [-0.3, -0.25) is 0 Å². The van der Waals surface area contributed by atoms with Crippen molar-refractivity contribution < 1.29 is 0 Å². The third-order valence-corrected chi connectivity index (χ3v) is 5.03. The van der Waals surface area contributed by atoms with Crippen molar-refractivity contribution in [3.63, 3.8) is 0 Å². The molecule has 0 aliphatic carbocycles. The Kier molecular flexibility index (Phi) is 4.83. The maximum absolute atomic E-state index is 9.20. The fraction of sp³-hybridized carbons (Fsp3) is 0.0400. The van der Waals surface area contributed by atoms with E-state index in [1.807, 2.05) is 59.2 Å². The summed E-state index contributed by atoms with van der Waals surface area (Å²) in [6, 6.07) is 28.0. The van der Waals surface area contributed by atoms with Crippen LogP contribution in [0.25, 0.3) is 28.0 Å². The number of benzene rings is 2. The number of nitrogens with one attached hydrogen (secondary N) is 1. The van der Waals surface area contributed by atoms with Crippen LogP contribution in [0, 0.1) is 11.3 Å². The van der Waals surface area contributed by atoms with Gasteiger partial charge in [0.25, 0.3) is 0 Å². The Morgan fingerprint density at radius 2 is 1.68 bits per heavy atom. The topological polar surface area (TPSA) is 78.9 Å². The second kappa shape index (κ2) is 8.09. The van der Waals surface area contributed by atoms with Crippen LogP contribution in [-0.4, -0.2) is 19.6 Å². The number of hydrogen-bond acceptors (Lipinski definition) is 5. The Morgan fingerprint density at radius 1 is 0.903 bits per heavy atom. The molecule has 2 aromatic carbocycles. The number of pyridine rings is 1. The van der Waals surface area contributed by atoms with Gasteiger partial charge in [0.05, 0.1) is 0 Å². The minimum absolute atomic E-state index is 0.331. The average molecular weight is 402 g/mol. The standard InChI is InChI=1S/C25H18N6/c26-16-21-15-20(11-13-27-21)24-29-25(28-17-18-7-3-1-4-8-18)23-22(12-14-31(23)30-24)19-9-5-2-6-10-19/h1-15H,17H2,(H,28,29,30). The molecule has 3 aromatic heterocycles. The van der Waals surface area contributed by atoms with E-state index in [1.165, 1.54) is 0 Å². The Hall–Kier alpha value is -4.50. The summed E-state index contributed by atoms with van der Waals surface area (Å²) in [6.45, 7) is 0.631. The molecule has 1 N–H and O–H groups in total. The number of rotatable bonds is 5. The molecule has 0 aliphatic rings. The summed E-state index contributed by atoms with van der Waals surface area (Å²) < 4.78 is 1.84. The Morgan fingerprint density at radius 3 is 2.45 bits per heavy atom. The van der Waals surface area contributed by atoms with Crippen molar-refractivity contribution in [2.75, 3.05) is 5.32 Å². The summed E-state index contributed by atoms with van der Waals surface area (Å²) in [5, 5.41) is 17.4. The number of nitrogens with zero attached hydrogens (tertiary/aromatic N) is 5. The summed E-state index contributed by atoms with van der Waals surface area (Å²) >= 11 is 0. The van der Waals surface area contributed by atoms with Gasteiger partial charge < -0.3 is 5.32 Å². The fourth-order valence-corrected chi connectivity index (χ4v) is 3.53. The van der Waals surface area contributed by atoms with Crippen LogP contribution in [0.5, 0.6) is 0 Å². The Balaban J connectivity index is 1.65. The van der Waals surface area contributed by atoms with E-state index in [-0.39, 0.29) is 0 Å². The number of anilines is 1. The van der Waals surface area contributed by atoms with Crippen molar-refractivity contribution in [3.8, 4) is 28.6 Å². The zero-order chi connectivity index (χ0) is 21.0. The lowest BCUT2D eigenvalue weighted by Crippen LogP contribution is -2.07. The normalized spacial score (nSPS) is 10.7. The van der Waals surface area contributed by atoms with Gasteiger partial charge in [-0.15, -0.1) is 5.10 Å². The van der Waals surface area contributed by atoms with Gasteiger partial charge in [0.15, 0.2) is 11.6 Å². The average Bonchev–Trinajstić information content (AvgIpc) is 3.28. The van der Waals surface area contributed by atoms with Crippen molar-refractivity contribution in [1.82, 2.24) is 19.6 Å². The zero-order valence-corrected chi connectivity index (χ0v) is 16.6. The molecule has 0 atom stereocenters. The van der Waals surface area contributed by atoms with E-state index in [2.05, 4.69) is 40.6 Å². The number of fused-ring (bicyclic) bond motifs is 1. The van der Waals surface area contributed by atoms with Crippen LogP contribution in [0.2, 0.25) is 0 Å². The van der Waals surface area contributed by atoms with Crippen LogP contribution in [0.1, 0.15) is 11.3 Å². The molecule has 31 heavy (non-hydrogen) atoms. The molecule has 0 fully saturated rings. The van der Waals surface area contributed by atoms with E-state index in [1.54, 1.807) is 12.3 Å². The first-order valence-electron chi connectivity index (χ1n) is 9.91. The first kappa shape index (κ1) is 18.5. The summed E-state index contributed by atoms with van der Waals surface area (Å²) in [7, 11) is 0. The molecular weight excluding hydrogens is 384 g/mol. The molecular formula is C25H18N6. The van der Waals surface area contributed by atoms with E-state index in [4.69, 9.17) is 10.1 Å². The van der Waals surface area contributed by atoms with E-state index in [0.29, 0.717) is 18.1 Å². The fourth-order valence-electron chi connectivity index (χ4n) is 3.53.